The number of carbonyl (C=O) groups excluding carboxylic acids is 1. The molecule has 2 N–H and O–H groups in total. The SMILES string of the molecule is C[C@H]1C[C@H](C)CN(C(=O)Cn2c(N)nc(C#N)c2C#N)C1. The van der Waals surface area contributed by atoms with Crippen LogP contribution >= 0.6 is 0 Å². The molecule has 1 aromatic rings. The quantitative estimate of drug-likeness (QED) is 0.860. The molecule has 1 aliphatic heterocycles. The van der Waals surface area contributed by atoms with Crippen LogP contribution in [-0.4, -0.2) is 33.4 Å². The number of hydrogen-bond donors (Lipinski definition) is 1. The standard InChI is InChI=1S/C14H18N6O/c1-9-3-10(2)7-19(6-9)13(21)8-20-12(5-16)11(4-15)18-14(20)17/h9-10H,3,6-8H2,1-2H3,(H2,17,18)/t9-,10-/m0/s1. The molecule has 7 heteroatoms. The number of amides is 1. The lowest BCUT2D eigenvalue weighted by molar-refractivity contribution is -0.134. The molecule has 1 fully saturated rings. The van der Waals surface area contributed by atoms with Crippen LogP contribution in [0.4, 0.5) is 5.95 Å². The largest absolute Gasteiger partial charge is 0.369 e. The fourth-order valence-electron chi connectivity index (χ4n) is 2.92. The van der Waals surface area contributed by atoms with E-state index in [9.17, 15) is 4.79 Å². The van der Waals surface area contributed by atoms with Gasteiger partial charge in [0.05, 0.1) is 0 Å². The Morgan fingerprint density at radius 1 is 1.33 bits per heavy atom. The van der Waals surface area contributed by atoms with Gasteiger partial charge in [-0.3, -0.25) is 9.36 Å². The van der Waals surface area contributed by atoms with Gasteiger partial charge in [0.25, 0.3) is 0 Å². The van der Waals surface area contributed by atoms with Crippen molar-refractivity contribution in [2.75, 3.05) is 18.8 Å². The molecule has 7 nitrogen and oxygen atoms in total. The molecule has 0 saturated carbocycles. The van der Waals surface area contributed by atoms with Crippen molar-refractivity contribution in [3.63, 3.8) is 0 Å². The molecule has 0 aliphatic carbocycles. The van der Waals surface area contributed by atoms with Gasteiger partial charge < -0.3 is 10.6 Å². The maximum absolute atomic E-state index is 12.4. The number of nitrogen functional groups attached to an aromatic ring is 1. The normalized spacial score (nSPS) is 21.6. The molecule has 0 spiro atoms. The maximum Gasteiger partial charge on any atom is 0.242 e. The summed E-state index contributed by atoms with van der Waals surface area (Å²) in [5, 5.41) is 18.0. The van der Waals surface area contributed by atoms with Gasteiger partial charge in [-0.15, -0.1) is 0 Å². The highest BCUT2D eigenvalue weighted by molar-refractivity contribution is 5.77. The minimum atomic E-state index is -0.0986. The van der Waals surface area contributed by atoms with Crippen molar-refractivity contribution in [3.8, 4) is 12.1 Å². The summed E-state index contributed by atoms with van der Waals surface area (Å²) in [6.07, 6.45) is 1.11. The predicted octanol–water partition coefficient (Wildman–Crippen LogP) is 0.713. The van der Waals surface area contributed by atoms with Crippen LogP contribution in [0.1, 0.15) is 31.7 Å². The summed E-state index contributed by atoms with van der Waals surface area (Å²) in [4.78, 5) is 18.0. The van der Waals surface area contributed by atoms with E-state index in [1.165, 1.54) is 4.57 Å². The summed E-state index contributed by atoms with van der Waals surface area (Å²) >= 11 is 0. The summed E-state index contributed by atoms with van der Waals surface area (Å²) in [6.45, 7) is 5.62. The van der Waals surface area contributed by atoms with Crippen LogP contribution in [0.15, 0.2) is 0 Å². The molecular formula is C14H18N6O. The molecule has 2 heterocycles. The Labute approximate surface area is 123 Å². The summed E-state index contributed by atoms with van der Waals surface area (Å²) < 4.78 is 1.31. The fraction of sp³-hybridized carbons (Fsp3) is 0.571. The number of imidazole rings is 1. The molecule has 110 valence electrons. The highest BCUT2D eigenvalue weighted by Gasteiger charge is 2.27. The van der Waals surface area contributed by atoms with E-state index in [2.05, 4.69) is 18.8 Å². The van der Waals surface area contributed by atoms with Gasteiger partial charge in [-0.1, -0.05) is 13.8 Å². The van der Waals surface area contributed by atoms with E-state index < -0.39 is 0 Å². The summed E-state index contributed by atoms with van der Waals surface area (Å²) in [6, 6.07) is 3.70. The zero-order valence-corrected chi connectivity index (χ0v) is 12.2. The number of hydrogen-bond acceptors (Lipinski definition) is 5. The van der Waals surface area contributed by atoms with E-state index in [4.69, 9.17) is 16.3 Å². The van der Waals surface area contributed by atoms with Crippen LogP contribution in [0, 0.1) is 34.5 Å². The molecule has 2 rings (SSSR count). The predicted molar refractivity (Wildman–Crippen MR) is 75.6 cm³/mol. The Bertz CT molecular complexity index is 625. The number of nitrogens with two attached hydrogens (primary N) is 1. The van der Waals surface area contributed by atoms with Gasteiger partial charge in [0, 0.05) is 13.1 Å². The van der Waals surface area contributed by atoms with E-state index in [0.717, 1.165) is 6.42 Å². The monoisotopic (exact) mass is 286 g/mol. The van der Waals surface area contributed by atoms with Crippen LogP contribution in [0.25, 0.3) is 0 Å². The highest BCUT2D eigenvalue weighted by Crippen LogP contribution is 2.22. The van der Waals surface area contributed by atoms with Crippen molar-refractivity contribution in [2.24, 2.45) is 11.8 Å². The van der Waals surface area contributed by atoms with Crippen LogP contribution in [0.5, 0.6) is 0 Å². The minimum Gasteiger partial charge on any atom is -0.369 e. The zero-order chi connectivity index (χ0) is 15.6. The first kappa shape index (κ1) is 14.9. The van der Waals surface area contributed by atoms with Crippen molar-refractivity contribution in [1.29, 1.82) is 10.5 Å². The Balaban J connectivity index is 2.19. The first-order valence-corrected chi connectivity index (χ1v) is 6.90. The summed E-state index contributed by atoms with van der Waals surface area (Å²) in [5.41, 5.74) is 5.71. The average molecular weight is 286 g/mol. The maximum atomic E-state index is 12.4. The van der Waals surface area contributed by atoms with Gasteiger partial charge in [-0.2, -0.15) is 10.5 Å². The second-order valence-corrected chi connectivity index (χ2v) is 5.72. The molecule has 0 radical (unpaired) electrons. The average Bonchev–Trinajstić information content (AvgIpc) is 2.73. The minimum absolute atomic E-state index is 0.0227. The third-order valence-corrected chi connectivity index (χ3v) is 3.72. The molecule has 0 aromatic carbocycles. The van der Waals surface area contributed by atoms with Crippen LogP contribution in [-0.2, 0) is 11.3 Å². The second kappa shape index (κ2) is 5.84. The van der Waals surface area contributed by atoms with Gasteiger partial charge >= 0.3 is 0 Å². The molecule has 21 heavy (non-hydrogen) atoms. The number of aromatic nitrogens is 2. The smallest absolute Gasteiger partial charge is 0.242 e. The zero-order valence-electron chi connectivity index (χ0n) is 12.2. The van der Waals surface area contributed by atoms with Crippen LogP contribution in [0.3, 0.4) is 0 Å². The Hall–Kier alpha value is -2.54. The number of anilines is 1. The summed E-state index contributed by atoms with van der Waals surface area (Å²) in [7, 11) is 0. The number of rotatable bonds is 2. The lowest BCUT2D eigenvalue weighted by Crippen LogP contribution is -2.44. The van der Waals surface area contributed by atoms with Crippen LogP contribution < -0.4 is 5.73 Å². The van der Waals surface area contributed by atoms with Gasteiger partial charge in [0.2, 0.25) is 11.9 Å². The van der Waals surface area contributed by atoms with Crippen LogP contribution in [0.2, 0.25) is 0 Å². The number of likely N-dealkylation sites (tertiary alicyclic amines) is 1. The molecule has 1 saturated heterocycles. The topological polar surface area (TPSA) is 112 Å². The van der Waals surface area contributed by atoms with E-state index in [0.29, 0.717) is 24.9 Å². The number of piperidine rings is 1. The van der Waals surface area contributed by atoms with E-state index in [1.807, 2.05) is 12.1 Å². The molecular weight excluding hydrogens is 268 g/mol. The summed E-state index contributed by atoms with van der Waals surface area (Å²) in [5.74, 6) is 0.846. The molecule has 0 unspecified atom stereocenters. The Morgan fingerprint density at radius 2 is 1.95 bits per heavy atom. The highest BCUT2D eigenvalue weighted by atomic mass is 16.2. The molecule has 1 amide bonds. The first-order chi connectivity index (χ1) is 9.96. The lowest BCUT2D eigenvalue weighted by Gasteiger charge is -2.35. The third kappa shape index (κ3) is 2.97. The van der Waals surface area contributed by atoms with Gasteiger partial charge in [0.1, 0.15) is 18.7 Å². The van der Waals surface area contributed by atoms with Crippen molar-refractivity contribution in [1.82, 2.24) is 14.5 Å². The first-order valence-electron chi connectivity index (χ1n) is 6.90. The number of nitrogens with zero attached hydrogens (tertiary/aromatic N) is 5. The van der Waals surface area contributed by atoms with Crippen molar-refractivity contribution < 1.29 is 4.79 Å². The van der Waals surface area contributed by atoms with Crippen molar-refractivity contribution in [3.05, 3.63) is 11.4 Å². The second-order valence-electron chi connectivity index (χ2n) is 5.72. The van der Waals surface area contributed by atoms with Crippen molar-refractivity contribution in [2.45, 2.75) is 26.8 Å². The fourth-order valence-corrected chi connectivity index (χ4v) is 2.92. The number of carbonyl (C=O) groups is 1. The van der Waals surface area contributed by atoms with E-state index >= 15 is 0 Å². The molecule has 2 atom stereocenters. The van der Waals surface area contributed by atoms with E-state index in [-0.39, 0.29) is 29.8 Å². The molecule has 0 bridgehead atoms. The Morgan fingerprint density at radius 3 is 2.48 bits per heavy atom. The molecule has 1 aromatic heterocycles. The van der Waals surface area contributed by atoms with Gasteiger partial charge in [-0.25, -0.2) is 4.98 Å². The molecule has 1 aliphatic rings. The third-order valence-electron chi connectivity index (χ3n) is 3.72. The lowest BCUT2D eigenvalue weighted by atomic mass is 9.92. The van der Waals surface area contributed by atoms with Gasteiger partial charge in [-0.05, 0) is 18.3 Å². The number of nitriles is 2. The Kier molecular flexibility index (Phi) is 4.13. The van der Waals surface area contributed by atoms with E-state index in [1.54, 1.807) is 4.90 Å². The van der Waals surface area contributed by atoms with Gasteiger partial charge in [0.15, 0.2) is 11.4 Å². The van der Waals surface area contributed by atoms with Crippen molar-refractivity contribution >= 4 is 11.9 Å².